The van der Waals surface area contributed by atoms with Crippen LogP contribution in [-0.2, 0) is 4.79 Å². The number of hydrogen-bond donors (Lipinski definition) is 0. The highest BCUT2D eigenvalue weighted by Crippen LogP contribution is 2.40. The minimum atomic E-state index is -0.148. The molecule has 2 aromatic rings. The number of carbonyl (C=O) groups is 1. The van der Waals surface area contributed by atoms with Gasteiger partial charge in [-0.2, -0.15) is 0 Å². The second-order valence-electron chi connectivity index (χ2n) is 5.98. The van der Waals surface area contributed by atoms with Crippen LogP contribution in [0.25, 0.3) is 0 Å². The lowest BCUT2D eigenvalue weighted by molar-refractivity contribution is -0.129. The topological polar surface area (TPSA) is 38.8 Å². The fourth-order valence-corrected chi connectivity index (χ4v) is 4.68. The summed E-state index contributed by atoms with van der Waals surface area (Å²) >= 11 is 3.39. The van der Waals surface area contributed by atoms with Gasteiger partial charge in [-0.1, -0.05) is 24.3 Å². The molecule has 1 fully saturated rings. The van der Waals surface area contributed by atoms with E-state index in [4.69, 9.17) is 9.47 Å². The molecule has 1 amide bonds. The molecule has 0 N–H and O–H groups in total. The summed E-state index contributed by atoms with van der Waals surface area (Å²) in [7, 11) is 0. The maximum atomic E-state index is 12.4. The molecule has 1 saturated heterocycles. The minimum absolute atomic E-state index is 0.0455. The molecular weight excluding hydrogens is 354 g/mol. The first-order chi connectivity index (χ1) is 12.2. The van der Waals surface area contributed by atoms with Crippen LogP contribution >= 0.6 is 23.5 Å². The van der Waals surface area contributed by atoms with Crippen molar-refractivity contribution in [3.63, 3.8) is 0 Å². The number of amides is 1. The normalized spacial score (nSPS) is 22.3. The van der Waals surface area contributed by atoms with Gasteiger partial charge in [-0.3, -0.25) is 4.79 Å². The number of nitrogens with zero attached hydrogens (tertiary/aromatic N) is 1. The number of fused-ring (bicyclic) bond motifs is 1. The van der Waals surface area contributed by atoms with Crippen LogP contribution in [0.2, 0.25) is 0 Å². The molecule has 0 unspecified atom stereocenters. The molecule has 2 aliphatic rings. The van der Waals surface area contributed by atoms with Crippen LogP contribution in [0.1, 0.15) is 10.9 Å². The maximum absolute atomic E-state index is 12.4. The summed E-state index contributed by atoms with van der Waals surface area (Å²) < 4.78 is 11.8. The Kier molecular flexibility index (Phi) is 4.81. The highest BCUT2D eigenvalue weighted by Gasteiger charge is 2.36. The van der Waals surface area contributed by atoms with E-state index in [2.05, 4.69) is 30.5 Å². The first kappa shape index (κ1) is 16.7. The van der Waals surface area contributed by atoms with E-state index < -0.39 is 0 Å². The van der Waals surface area contributed by atoms with Crippen molar-refractivity contribution in [1.82, 2.24) is 4.90 Å². The van der Waals surface area contributed by atoms with Crippen LogP contribution in [0.5, 0.6) is 11.5 Å². The zero-order valence-electron chi connectivity index (χ0n) is 13.9. The molecule has 0 radical (unpaired) electrons. The van der Waals surface area contributed by atoms with Crippen LogP contribution in [0.15, 0.2) is 53.4 Å². The Morgan fingerprint density at radius 1 is 1.16 bits per heavy atom. The molecule has 0 aliphatic carbocycles. The number of benzene rings is 2. The van der Waals surface area contributed by atoms with Crippen molar-refractivity contribution in [3.05, 3.63) is 54.1 Å². The molecule has 4 nitrogen and oxygen atoms in total. The molecule has 0 saturated carbocycles. The van der Waals surface area contributed by atoms with Gasteiger partial charge in [-0.05, 0) is 36.1 Å². The summed E-state index contributed by atoms with van der Waals surface area (Å²) in [4.78, 5) is 15.5. The SMILES string of the molecule is CSc1ccc([C@@H]2SCC(=O)N2C[C@H]2COc3ccccc3O2)cc1. The third-order valence-electron chi connectivity index (χ3n) is 4.34. The van der Waals surface area contributed by atoms with Crippen LogP contribution in [0.4, 0.5) is 0 Å². The molecule has 0 bridgehead atoms. The zero-order chi connectivity index (χ0) is 17.2. The number of carbonyl (C=O) groups excluding carboxylic acids is 1. The predicted molar refractivity (Wildman–Crippen MR) is 101 cm³/mol. The molecule has 2 atom stereocenters. The molecule has 2 heterocycles. The van der Waals surface area contributed by atoms with E-state index in [0.717, 1.165) is 17.1 Å². The largest absolute Gasteiger partial charge is 0.486 e. The van der Waals surface area contributed by atoms with Crippen molar-refractivity contribution < 1.29 is 14.3 Å². The molecule has 4 rings (SSSR count). The summed E-state index contributed by atoms with van der Waals surface area (Å²) in [5.41, 5.74) is 1.16. The fraction of sp³-hybridized carbons (Fsp3) is 0.316. The highest BCUT2D eigenvalue weighted by atomic mass is 32.2. The van der Waals surface area contributed by atoms with E-state index in [1.165, 1.54) is 4.90 Å². The average molecular weight is 373 g/mol. The van der Waals surface area contributed by atoms with Crippen molar-refractivity contribution >= 4 is 29.4 Å². The molecule has 130 valence electrons. The van der Waals surface area contributed by atoms with Gasteiger partial charge in [0.05, 0.1) is 12.3 Å². The number of rotatable bonds is 4. The van der Waals surface area contributed by atoms with Crippen molar-refractivity contribution in [2.45, 2.75) is 16.4 Å². The van der Waals surface area contributed by atoms with E-state index in [9.17, 15) is 4.79 Å². The maximum Gasteiger partial charge on any atom is 0.233 e. The fourth-order valence-electron chi connectivity index (χ4n) is 3.07. The summed E-state index contributed by atoms with van der Waals surface area (Å²) in [5, 5.41) is 0.0455. The van der Waals surface area contributed by atoms with Gasteiger partial charge in [0.25, 0.3) is 0 Å². The predicted octanol–water partition coefficient (Wildman–Crippen LogP) is 3.82. The Bertz CT molecular complexity index is 766. The molecule has 25 heavy (non-hydrogen) atoms. The molecule has 6 heteroatoms. The van der Waals surface area contributed by atoms with E-state index in [-0.39, 0.29) is 17.4 Å². The third kappa shape index (κ3) is 3.46. The first-order valence-electron chi connectivity index (χ1n) is 8.18. The highest BCUT2D eigenvalue weighted by molar-refractivity contribution is 8.00. The summed E-state index contributed by atoms with van der Waals surface area (Å²) in [6.07, 6.45) is 1.92. The van der Waals surface area contributed by atoms with Crippen molar-refractivity contribution in [2.24, 2.45) is 0 Å². The Labute approximate surface area is 155 Å². The number of para-hydroxylation sites is 2. The van der Waals surface area contributed by atoms with Gasteiger partial charge in [0, 0.05) is 4.90 Å². The summed E-state index contributed by atoms with van der Waals surface area (Å²) in [6.45, 7) is 0.999. The molecule has 2 aliphatic heterocycles. The Balaban J connectivity index is 1.49. The van der Waals surface area contributed by atoms with Crippen molar-refractivity contribution in [2.75, 3.05) is 25.2 Å². The van der Waals surface area contributed by atoms with Gasteiger partial charge >= 0.3 is 0 Å². The molecule has 0 aromatic heterocycles. The van der Waals surface area contributed by atoms with Gasteiger partial charge in [-0.25, -0.2) is 0 Å². The van der Waals surface area contributed by atoms with Crippen LogP contribution < -0.4 is 9.47 Å². The van der Waals surface area contributed by atoms with E-state index in [1.807, 2.05) is 29.2 Å². The van der Waals surface area contributed by atoms with Crippen LogP contribution in [0, 0.1) is 0 Å². The lowest BCUT2D eigenvalue weighted by atomic mass is 10.2. The number of ether oxygens (including phenoxy) is 2. The van der Waals surface area contributed by atoms with E-state index >= 15 is 0 Å². The Morgan fingerprint density at radius 3 is 2.68 bits per heavy atom. The number of thioether (sulfide) groups is 2. The van der Waals surface area contributed by atoms with Crippen LogP contribution in [-0.4, -0.2) is 42.1 Å². The van der Waals surface area contributed by atoms with Gasteiger partial charge < -0.3 is 14.4 Å². The lowest BCUT2D eigenvalue weighted by Gasteiger charge is -2.32. The zero-order valence-corrected chi connectivity index (χ0v) is 15.5. The van der Waals surface area contributed by atoms with Crippen molar-refractivity contribution in [1.29, 1.82) is 0 Å². The monoisotopic (exact) mass is 373 g/mol. The van der Waals surface area contributed by atoms with Gasteiger partial charge in [0.15, 0.2) is 17.6 Å². The number of hydrogen-bond acceptors (Lipinski definition) is 5. The second kappa shape index (κ2) is 7.22. The lowest BCUT2D eigenvalue weighted by Crippen LogP contribution is -2.42. The first-order valence-corrected chi connectivity index (χ1v) is 10.5. The summed E-state index contributed by atoms with van der Waals surface area (Å²) in [5.74, 6) is 2.19. The molecule has 0 spiro atoms. The Hall–Kier alpha value is -1.79. The molecule has 2 aromatic carbocycles. The van der Waals surface area contributed by atoms with Crippen LogP contribution in [0.3, 0.4) is 0 Å². The minimum Gasteiger partial charge on any atom is -0.486 e. The molecular formula is C19H19NO3S2. The average Bonchev–Trinajstić information content (AvgIpc) is 3.02. The smallest absolute Gasteiger partial charge is 0.233 e. The standard InChI is InChI=1S/C19H19NO3S2/c1-24-15-8-6-13(7-9-15)19-20(18(21)12-25-19)10-14-11-22-16-4-2-3-5-17(16)23-14/h2-9,14,19H,10-12H2,1H3/t14-,19-/m0/s1. The van der Waals surface area contributed by atoms with Gasteiger partial charge in [0.2, 0.25) is 5.91 Å². The quantitative estimate of drug-likeness (QED) is 0.762. The second-order valence-corrected chi connectivity index (χ2v) is 7.93. The Morgan fingerprint density at radius 2 is 1.92 bits per heavy atom. The van der Waals surface area contributed by atoms with Gasteiger partial charge in [-0.15, -0.1) is 23.5 Å². The van der Waals surface area contributed by atoms with Gasteiger partial charge in [0.1, 0.15) is 12.0 Å². The third-order valence-corrected chi connectivity index (χ3v) is 6.34. The van der Waals surface area contributed by atoms with E-state index in [0.29, 0.717) is 18.9 Å². The summed E-state index contributed by atoms with van der Waals surface area (Å²) in [6, 6.07) is 16.1. The van der Waals surface area contributed by atoms with E-state index in [1.54, 1.807) is 23.5 Å². The van der Waals surface area contributed by atoms with Crippen molar-refractivity contribution in [3.8, 4) is 11.5 Å².